The molecule has 1 aliphatic rings. The van der Waals surface area contributed by atoms with Crippen molar-refractivity contribution in [2.45, 2.75) is 19.3 Å². The summed E-state index contributed by atoms with van der Waals surface area (Å²) in [6.07, 6.45) is 4.49. The van der Waals surface area contributed by atoms with Crippen molar-refractivity contribution in [3.05, 3.63) is 54.1 Å². The number of fused-ring (bicyclic) bond motifs is 1. The third-order valence-electron chi connectivity index (χ3n) is 4.11. The summed E-state index contributed by atoms with van der Waals surface area (Å²) in [5.41, 5.74) is 3.80. The van der Waals surface area contributed by atoms with Crippen LogP contribution in [0.5, 0.6) is 0 Å². The van der Waals surface area contributed by atoms with Gasteiger partial charge in [-0.25, -0.2) is 4.98 Å². The highest BCUT2D eigenvalue weighted by molar-refractivity contribution is 5.96. The van der Waals surface area contributed by atoms with E-state index < -0.39 is 0 Å². The predicted octanol–water partition coefficient (Wildman–Crippen LogP) is 3.01. The second kappa shape index (κ2) is 4.94. The van der Waals surface area contributed by atoms with Crippen LogP contribution in [0, 0.1) is 12.8 Å². The number of amides is 1. The maximum Gasteiger partial charge on any atom is 0.228 e. The molecule has 0 bridgehead atoms. The summed E-state index contributed by atoms with van der Waals surface area (Å²) >= 11 is 0. The van der Waals surface area contributed by atoms with E-state index in [0.29, 0.717) is 5.92 Å². The molecule has 2 heterocycles. The van der Waals surface area contributed by atoms with Gasteiger partial charge in [-0.1, -0.05) is 6.07 Å². The number of benzene rings is 1. The van der Waals surface area contributed by atoms with Gasteiger partial charge in [0.1, 0.15) is 5.82 Å². The van der Waals surface area contributed by atoms with Gasteiger partial charge < -0.3 is 10.3 Å². The van der Waals surface area contributed by atoms with E-state index in [1.165, 1.54) is 0 Å². The number of H-pyrrole nitrogens is 1. The number of pyridine rings is 1. The summed E-state index contributed by atoms with van der Waals surface area (Å²) in [6, 6.07) is 9.68. The van der Waals surface area contributed by atoms with Gasteiger partial charge in [0, 0.05) is 24.0 Å². The average Bonchev–Trinajstić information content (AvgIpc) is 3.24. The minimum atomic E-state index is 0.0448. The number of aromatic amines is 1. The molecule has 2 unspecified atom stereocenters. The topological polar surface area (TPSA) is 70.7 Å². The molecule has 1 aromatic carbocycles. The van der Waals surface area contributed by atoms with E-state index in [0.717, 1.165) is 34.5 Å². The zero-order valence-corrected chi connectivity index (χ0v) is 12.2. The fourth-order valence-electron chi connectivity index (χ4n) is 2.90. The second-order valence-electron chi connectivity index (χ2n) is 5.78. The number of imidazole rings is 1. The first-order valence-corrected chi connectivity index (χ1v) is 7.38. The van der Waals surface area contributed by atoms with Crippen molar-refractivity contribution >= 4 is 22.6 Å². The number of aromatic nitrogens is 3. The van der Waals surface area contributed by atoms with Crippen molar-refractivity contribution in [1.82, 2.24) is 15.0 Å². The number of nitrogens with zero attached hydrogens (tertiary/aromatic N) is 2. The molecule has 110 valence electrons. The average molecular weight is 292 g/mol. The van der Waals surface area contributed by atoms with Crippen molar-refractivity contribution in [1.29, 1.82) is 0 Å². The van der Waals surface area contributed by atoms with Gasteiger partial charge in [0.25, 0.3) is 0 Å². The highest BCUT2D eigenvalue weighted by Gasteiger charge is 2.44. The molecule has 0 radical (unpaired) electrons. The van der Waals surface area contributed by atoms with Crippen LogP contribution in [0.3, 0.4) is 0 Å². The number of carbonyl (C=O) groups is 1. The van der Waals surface area contributed by atoms with E-state index in [2.05, 4.69) is 20.3 Å². The summed E-state index contributed by atoms with van der Waals surface area (Å²) < 4.78 is 0. The fourth-order valence-corrected chi connectivity index (χ4v) is 2.90. The zero-order valence-electron chi connectivity index (χ0n) is 12.2. The van der Waals surface area contributed by atoms with Crippen LogP contribution in [0.1, 0.15) is 23.7 Å². The minimum Gasteiger partial charge on any atom is -0.342 e. The van der Waals surface area contributed by atoms with Gasteiger partial charge in [-0.05, 0) is 49.1 Å². The lowest BCUT2D eigenvalue weighted by atomic mass is 10.1. The maximum atomic E-state index is 12.3. The first-order chi connectivity index (χ1) is 10.7. The minimum absolute atomic E-state index is 0.0448. The molecule has 5 heteroatoms. The number of hydrogen-bond donors (Lipinski definition) is 2. The molecule has 2 atom stereocenters. The van der Waals surface area contributed by atoms with E-state index in [9.17, 15) is 4.79 Å². The lowest BCUT2D eigenvalue weighted by molar-refractivity contribution is -0.117. The van der Waals surface area contributed by atoms with Gasteiger partial charge in [0.2, 0.25) is 5.91 Å². The van der Waals surface area contributed by atoms with Gasteiger partial charge in [-0.2, -0.15) is 0 Å². The van der Waals surface area contributed by atoms with Crippen LogP contribution in [-0.4, -0.2) is 20.9 Å². The second-order valence-corrected chi connectivity index (χ2v) is 5.78. The highest BCUT2D eigenvalue weighted by atomic mass is 16.2. The number of nitrogens with one attached hydrogen (secondary N) is 2. The molecule has 2 N–H and O–H groups in total. The summed E-state index contributed by atoms with van der Waals surface area (Å²) in [5, 5.41) is 3.00. The Bertz CT molecular complexity index is 840. The zero-order chi connectivity index (χ0) is 15.1. The quantitative estimate of drug-likeness (QED) is 0.779. The largest absolute Gasteiger partial charge is 0.342 e. The molecule has 3 aromatic rings. The molecule has 0 aliphatic heterocycles. The van der Waals surface area contributed by atoms with E-state index in [1.54, 1.807) is 6.20 Å². The van der Waals surface area contributed by atoms with Gasteiger partial charge >= 0.3 is 0 Å². The van der Waals surface area contributed by atoms with Crippen molar-refractivity contribution < 1.29 is 4.79 Å². The Hall–Kier alpha value is -2.69. The van der Waals surface area contributed by atoms with Gasteiger partial charge in [-0.3, -0.25) is 9.78 Å². The smallest absolute Gasteiger partial charge is 0.228 e. The van der Waals surface area contributed by atoms with Crippen LogP contribution in [0.15, 0.2) is 42.7 Å². The standard InChI is InChI=1S/C17H16N4O/c1-10-19-15-5-4-12(7-16(15)20-10)21-17(22)14-8-13(14)11-3-2-6-18-9-11/h2-7,9,13-14H,8H2,1H3,(H,19,20)(H,21,22). The Balaban J connectivity index is 1.47. The van der Waals surface area contributed by atoms with Crippen LogP contribution < -0.4 is 5.32 Å². The van der Waals surface area contributed by atoms with Crippen LogP contribution in [0.25, 0.3) is 11.0 Å². The van der Waals surface area contributed by atoms with E-state index >= 15 is 0 Å². The molecule has 1 saturated carbocycles. The molecule has 1 amide bonds. The van der Waals surface area contributed by atoms with Crippen LogP contribution in [0.4, 0.5) is 5.69 Å². The molecule has 1 fully saturated rings. The number of aryl methyl sites for hydroxylation is 1. The number of carbonyl (C=O) groups excluding carboxylic acids is 1. The van der Waals surface area contributed by atoms with Crippen molar-refractivity contribution in [3.63, 3.8) is 0 Å². The molecule has 2 aromatic heterocycles. The maximum absolute atomic E-state index is 12.3. The third-order valence-corrected chi connectivity index (χ3v) is 4.11. The first kappa shape index (κ1) is 13.0. The molecule has 1 aliphatic carbocycles. The Kier molecular flexibility index (Phi) is 2.92. The van der Waals surface area contributed by atoms with Crippen molar-refractivity contribution in [2.24, 2.45) is 5.92 Å². The molecule has 4 rings (SSSR count). The number of rotatable bonds is 3. The predicted molar refractivity (Wildman–Crippen MR) is 84.5 cm³/mol. The van der Waals surface area contributed by atoms with E-state index in [-0.39, 0.29) is 11.8 Å². The molecule has 0 saturated heterocycles. The number of hydrogen-bond acceptors (Lipinski definition) is 3. The van der Waals surface area contributed by atoms with E-state index in [4.69, 9.17) is 0 Å². The summed E-state index contributed by atoms with van der Waals surface area (Å²) in [4.78, 5) is 24.0. The van der Waals surface area contributed by atoms with Crippen molar-refractivity contribution in [2.75, 3.05) is 5.32 Å². The van der Waals surface area contributed by atoms with Gasteiger partial charge in [-0.15, -0.1) is 0 Å². The van der Waals surface area contributed by atoms with Crippen LogP contribution in [-0.2, 0) is 4.79 Å². The Morgan fingerprint density at radius 2 is 2.27 bits per heavy atom. The Morgan fingerprint density at radius 3 is 3.09 bits per heavy atom. The Morgan fingerprint density at radius 1 is 1.36 bits per heavy atom. The van der Waals surface area contributed by atoms with E-state index in [1.807, 2.05) is 43.5 Å². The first-order valence-electron chi connectivity index (χ1n) is 7.38. The molecular weight excluding hydrogens is 276 g/mol. The highest BCUT2D eigenvalue weighted by Crippen LogP contribution is 2.47. The molecular formula is C17H16N4O. The molecule has 0 spiro atoms. The fraction of sp³-hybridized carbons (Fsp3) is 0.235. The normalized spacial score (nSPS) is 20.0. The van der Waals surface area contributed by atoms with Crippen molar-refractivity contribution in [3.8, 4) is 0 Å². The third kappa shape index (κ3) is 2.35. The summed E-state index contributed by atoms with van der Waals surface area (Å²) in [5.74, 6) is 1.29. The van der Waals surface area contributed by atoms with Crippen LogP contribution >= 0.6 is 0 Å². The lowest BCUT2D eigenvalue weighted by Gasteiger charge is -2.05. The SMILES string of the molecule is Cc1nc2ccc(NC(=O)C3CC3c3cccnc3)cc2[nH]1. The lowest BCUT2D eigenvalue weighted by Crippen LogP contribution is -2.14. The van der Waals surface area contributed by atoms with Gasteiger partial charge in [0.05, 0.1) is 11.0 Å². The molecule has 5 nitrogen and oxygen atoms in total. The molecule has 22 heavy (non-hydrogen) atoms. The van der Waals surface area contributed by atoms with Gasteiger partial charge in [0.15, 0.2) is 0 Å². The monoisotopic (exact) mass is 292 g/mol. The van der Waals surface area contributed by atoms with Crippen LogP contribution in [0.2, 0.25) is 0 Å². The number of anilines is 1. The Labute approximate surface area is 127 Å². The summed E-state index contributed by atoms with van der Waals surface area (Å²) in [6.45, 7) is 1.92. The summed E-state index contributed by atoms with van der Waals surface area (Å²) in [7, 11) is 0.